The number of rotatable bonds is 4. The van der Waals surface area contributed by atoms with Gasteiger partial charge in [-0.2, -0.15) is 0 Å². The van der Waals surface area contributed by atoms with E-state index in [2.05, 4.69) is 23.3 Å². The zero-order valence-corrected chi connectivity index (χ0v) is 14.4. The topological polar surface area (TPSA) is 54.1 Å². The minimum Gasteiger partial charge on any atom is -0.497 e. The zero-order valence-electron chi connectivity index (χ0n) is 14.4. The van der Waals surface area contributed by atoms with Crippen LogP contribution in [-0.2, 0) is 0 Å². The van der Waals surface area contributed by atoms with E-state index < -0.39 is 0 Å². The molecule has 1 heterocycles. The molecule has 24 heavy (non-hydrogen) atoms. The second-order valence-electron chi connectivity index (χ2n) is 6.14. The Morgan fingerprint density at radius 1 is 1.12 bits per heavy atom. The highest BCUT2D eigenvalue weighted by Crippen LogP contribution is 2.24. The minimum atomic E-state index is -0.0929. The lowest BCUT2D eigenvalue weighted by Gasteiger charge is -2.14. The molecule has 0 aliphatic carbocycles. The molecule has 3 aromatic rings. The molecule has 0 radical (unpaired) electrons. The third kappa shape index (κ3) is 3.00. The van der Waals surface area contributed by atoms with Crippen LogP contribution < -0.4 is 10.1 Å². The molecule has 4 nitrogen and oxygen atoms in total. The van der Waals surface area contributed by atoms with Gasteiger partial charge in [0.25, 0.3) is 5.91 Å². The molecule has 2 N–H and O–H groups in total. The number of benzene rings is 2. The number of aryl methyl sites for hydroxylation is 2. The number of carbonyl (C=O) groups excluding carboxylic acids is 1. The standard InChI is InChI=1S/C20H22N2O2/c1-12-5-10-18-17(11-12)13(2)19(22-18)20(23)21-14(3)15-6-8-16(24-4)9-7-15/h5-11,14,22H,1-4H3,(H,21,23). The predicted molar refractivity (Wildman–Crippen MR) is 96.6 cm³/mol. The number of amides is 1. The molecule has 1 aromatic heterocycles. The van der Waals surface area contributed by atoms with E-state index in [0.717, 1.165) is 27.8 Å². The van der Waals surface area contributed by atoms with E-state index >= 15 is 0 Å². The summed E-state index contributed by atoms with van der Waals surface area (Å²) in [6.45, 7) is 6.00. The van der Waals surface area contributed by atoms with Crippen LogP contribution in [0.4, 0.5) is 0 Å². The van der Waals surface area contributed by atoms with E-state index in [1.807, 2.05) is 50.2 Å². The fourth-order valence-electron chi connectivity index (χ4n) is 2.91. The third-order valence-corrected chi connectivity index (χ3v) is 4.40. The van der Waals surface area contributed by atoms with Crippen molar-refractivity contribution in [3.8, 4) is 5.75 Å². The fourth-order valence-corrected chi connectivity index (χ4v) is 2.91. The van der Waals surface area contributed by atoms with Gasteiger partial charge in [0.05, 0.1) is 13.2 Å². The number of carbonyl (C=O) groups is 1. The summed E-state index contributed by atoms with van der Waals surface area (Å²) in [7, 11) is 1.64. The molecule has 3 rings (SSSR count). The second kappa shape index (κ2) is 6.40. The number of methoxy groups -OCH3 is 1. The lowest BCUT2D eigenvalue weighted by molar-refractivity contribution is 0.0935. The Balaban J connectivity index is 1.82. The first-order chi connectivity index (χ1) is 11.5. The van der Waals surface area contributed by atoms with Crippen LogP contribution >= 0.6 is 0 Å². The molecule has 0 saturated carbocycles. The van der Waals surface area contributed by atoms with Crippen molar-refractivity contribution < 1.29 is 9.53 Å². The number of aromatic amines is 1. The van der Waals surface area contributed by atoms with Crippen molar-refractivity contribution in [2.75, 3.05) is 7.11 Å². The van der Waals surface area contributed by atoms with Crippen molar-refractivity contribution in [1.82, 2.24) is 10.3 Å². The first kappa shape index (κ1) is 16.1. The normalized spacial score (nSPS) is 12.2. The van der Waals surface area contributed by atoms with Gasteiger partial charge in [0.1, 0.15) is 11.4 Å². The van der Waals surface area contributed by atoms with Crippen LogP contribution in [0.3, 0.4) is 0 Å². The maximum absolute atomic E-state index is 12.7. The van der Waals surface area contributed by atoms with E-state index in [0.29, 0.717) is 5.69 Å². The molecule has 2 aromatic carbocycles. The van der Waals surface area contributed by atoms with Crippen LogP contribution in [0.15, 0.2) is 42.5 Å². The SMILES string of the molecule is COc1ccc(C(C)NC(=O)c2[nH]c3ccc(C)cc3c2C)cc1. The van der Waals surface area contributed by atoms with Gasteiger partial charge in [-0.05, 0) is 56.2 Å². The van der Waals surface area contributed by atoms with Gasteiger partial charge in [-0.25, -0.2) is 0 Å². The van der Waals surface area contributed by atoms with E-state index in [1.165, 1.54) is 5.56 Å². The Labute approximate surface area is 141 Å². The Bertz CT molecular complexity index is 879. The van der Waals surface area contributed by atoms with E-state index in [-0.39, 0.29) is 11.9 Å². The average molecular weight is 322 g/mol. The summed E-state index contributed by atoms with van der Waals surface area (Å²) in [5.41, 5.74) is 4.81. The van der Waals surface area contributed by atoms with Crippen LogP contribution in [-0.4, -0.2) is 18.0 Å². The minimum absolute atomic E-state index is 0.0871. The molecule has 4 heteroatoms. The van der Waals surface area contributed by atoms with Crippen LogP contribution in [0.25, 0.3) is 10.9 Å². The number of hydrogen-bond acceptors (Lipinski definition) is 2. The van der Waals surface area contributed by atoms with Crippen molar-refractivity contribution in [3.05, 3.63) is 64.8 Å². The van der Waals surface area contributed by atoms with Gasteiger partial charge >= 0.3 is 0 Å². The monoisotopic (exact) mass is 322 g/mol. The second-order valence-corrected chi connectivity index (χ2v) is 6.14. The van der Waals surface area contributed by atoms with Crippen LogP contribution in [0.5, 0.6) is 5.75 Å². The first-order valence-electron chi connectivity index (χ1n) is 8.03. The number of nitrogens with one attached hydrogen (secondary N) is 2. The summed E-state index contributed by atoms with van der Waals surface area (Å²) < 4.78 is 5.17. The highest BCUT2D eigenvalue weighted by atomic mass is 16.5. The molecule has 0 saturated heterocycles. The molecule has 124 valence electrons. The lowest BCUT2D eigenvalue weighted by Crippen LogP contribution is -2.27. The van der Waals surface area contributed by atoms with Crippen molar-refractivity contribution in [3.63, 3.8) is 0 Å². The Hall–Kier alpha value is -2.75. The summed E-state index contributed by atoms with van der Waals surface area (Å²) in [4.78, 5) is 15.9. The highest BCUT2D eigenvalue weighted by molar-refractivity contribution is 6.01. The fraction of sp³-hybridized carbons (Fsp3) is 0.250. The molecule has 0 bridgehead atoms. The maximum Gasteiger partial charge on any atom is 0.268 e. The van der Waals surface area contributed by atoms with Crippen molar-refractivity contribution >= 4 is 16.8 Å². The van der Waals surface area contributed by atoms with Gasteiger partial charge < -0.3 is 15.0 Å². The highest BCUT2D eigenvalue weighted by Gasteiger charge is 2.17. The summed E-state index contributed by atoms with van der Waals surface area (Å²) in [5.74, 6) is 0.712. The van der Waals surface area contributed by atoms with Crippen LogP contribution in [0, 0.1) is 13.8 Å². The van der Waals surface area contributed by atoms with Gasteiger partial charge in [0.15, 0.2) is 0 Å². The van der Waals surface area contributed by atoms with Gasteiger partial charge in [-0.1, -0.05) is 23.8 Å². The van der Waals surface area contributed by atoms with E-state index in [4.69, 9.17) is 4.74 Å². The average Bonchev–Trinajstić information content (AvgIpc) is 2.91. The van der Waals surface area contributed by atoms with E-state index in [9.17, 15) is 4.79 Å². The van der Waals surface area contributed by atoms with Crippen molar-refractivity contribution in [2.45, 2.75) is 26.8 Å². The van der Waals surface area contributed by atoms with Gasteiger partial charge in [-0.3, -0.25) is 4.79 Å². The lowest BCUT2D eigenvalue weighted by atomic mass is 10.1. The molecule has 0 aliphatic rings. The quantitative estimate of drug-likeness (QED) is 0.753. The molecular formula is C20H22N2O2. The molecule has 0 aliphatic heterocycles. The number of aromatic nitrogens is 1. The summed E-state index contributed by atoms with van der Waals surface area (Å²) in [6, 6.07) is 13.8. The molecular weight excluding hydrogens is 300 g/mol. The third-order valence-electron chi connectivity index (χ3n) is 4.40. The molecule has 0 fully saturated rings. The maximum atomic E-state index is 12.7. The van der Waals surface area contributed by atoms with Crippen LogP contribution in [0.2, 0.25) is 0 Å². The van der Waals surface area contributed by atoms with Gasteiger partial charge in [0.2, 0.25) is 0 Å². The van der Waals surface area contributed by atoms with Crippen molar-refractivity contribution in [2.24, 2.45) is 0 Å². The van der Waals surface area contributed by atoms with Crippen molar-refractivity contribution in [1.29, 1.82) is 0 Å². The number of H-pyrrole nitrogens is 1. The Morgan fingerprint density at radius 2 is 1.83 bits per heavy atom. The number of hydrogen-bond donors (Lipinski definition) is 2. The summed E-state index contributed by atoms with van der Waals surface area (Å²) in [5, 5.41) is 4.15. The summed E-state index contributed by atoms with van der Waals surface area (Å²) >= 11 is 0. The molecule has 1 atom stereocenters. The smallest absolute Gasteiger partial charge is 0.268 e. The molecule has 0 spiro atoms. The van der Waals surface area contributed by atoms with Gasteiger partial charge in [-0.15, -0.1) is 0 Å². The van der Waals surface area contributed by atoms with Gasteiger partial charge in [0, 0.05) is 10.9 Å². The predicted octanol–water partition coefficient (Wildman–Crippen LogP) is 4.28. The largest absolute Gasteiger partial charge is 0.497 e. The molecule has 1 amide bonds. The number of ether oxygens (including phenoxy) is 1. The summed E-state index contributed by atoms with van der Waals surface area (Å²) in [6.07, 6.45) is 0. The Morgan fingerprint density at radius 3 is 2.50 bits per heavy atom. The molecule has 1 unspecified atom stereocenters. The zero-order chi connectivity index (χ0) is 17.3. The number of fused-ring (bicyclic) bond motifs is 1. The van der Waals surface area contributed by atoms with E-state index in [1.54, 1.807) is 7.11 Å². The van der Waals surface area contributed by atoms with Crippen LogP contribution in [0.1, 0.15) is 40.1 Å². The Kier molecular flexibility index (Phi) is 4.30. The first-order valence-corrected chi connectivity index (χ1v) is 8.03.